The second-order valence-electron chi connectivity index (χ2n) is 5.63. The Balaban J connectivity index is 1.79. The van der Waals surface area contributed by atoms with Crippen LogP contribution in [0.4, 0.5) is 4.79 Å². The van der Waals surface area contributed by atoms with Gasteiger partial charge >= 0.3 is 12.1 Å². The molecule has 0 heterocycles. The highest BCUT2D eigenvalue weighted by Crippen LogP contribution is 2.44. The molecule has 3 rings (SSSR count). The van der Waals surface area contributed by atoms with Crippen LogP contribution < -0.4 is 0 Å². The van der Waals surface area contributed by atoms with Crippen molar-refractivity contribution in [1.29, 1.82) is 0 Å². The molecule has 0 radical (unpaired) electrons. The molecule has 1 N–H and O–H groups in total. The second kappa shape index (κ2) is 6.53. The minimum absolute atomic E-state index is 0.0912. The predicted octanol–water partition coefficient (Wildman–Crippen LogP) is 3.86. The van der Waals surface area contributed by atoms with Gasteiger partial charge < -0.3 is 9.84 Å². The molecule has 0 aliphatic heterocycles. The number of hydrogen-bond donors (Lipinski definition) is 1. The van der Waals surface area contributed by atoms with Crippen molar-refractivity contribution in [3.63, 3.8) is 0 Å². The number of ether oxygens (including phenoxy) is 1. The zero-order valence-corrected chi connectivity index (χ0v) is 13.7. The Bertz CT molecular complexity index is 747. The summed E-state index contributed by atoms with van der Waals surface area (Å²) in [5.74, 6) is -1.29. The van der Waals surface area contributed by atoms with Gasteiger partial charge in [0.05, 0.1) is 0 Å². The van der Waals surface area contributed by atoms with Crippen molar-refractivity contribution in [3.8, 4) is 11.1 Å². The highest BCUT2D eigenvalue weighted by molar-refractivity contribution is 6.21. The molecule has 1 aliphatic carbocycles. The molecule has 0 aromatic heterocycles. The largest absolute Gasteiger partial charge is 0.480 e. The first-order chi connectivity index (χ1) is 11.5. The first-order valence-electron chi connectivity index (χ1n) is 7.53. The first-order valence-corrected chi connectivity index (χ1v) is 7.87. The van der Waals surface area contributed by atoms with Gasteiger partial charge in [0.1, 0.15) is 12.6 Å². The lowest BCUT2D eigenvalue weighted by atomic mass is 9.98. The minimum Gasteiger partial charge on any atom is -0.480 e. The van der Waals surface area contributed by atoms with Crippen LogP contribution in [0.3, 0.4) is 0 Å². The first kappa shape index (κ1) is 16.3. The lowest BCUT2D eigenvalue weighted by molar-refractivity contribution is -0.140. The molecule has 24 heavy (non-hydrogen) atoms. The quantitative estimate of drug-likeness (QED) is 0.854. The molecular formula is C18H16ClNO4. The normalized spacial score (nSPS) is 13.8. The monoisotopic (exact) mass is 345 g/mol. The predicted molar refractivity (Wildman–Crippen MR) is 89.9 cm³/mol. The number of amides is 1. The number of fused-ring (bicyclic) bond motifs is 3. The number of carbonyl (C=O) groups is 2. The van der Waals surface area contributed by atoms with Gasteiger partial charge in [0.2, 0.25) is 0 Å². The lowest BCUT2D eigenvalue weighted by Gasteiger charge is -2.20. The van der Waals surface area contributed by atoms with Gasteiger partial charge in [-0.15, -0.1) is 0 Å². The standard InChI is InChI=1S/C18H16ClNO4/c1-11(17(21)22)20(19)18(23)24-10-16-14-8-4-2-6-12(14)13-7-3-5-9-15(13)16/h2-9,11,16H,10H2,1H3,(H,21,22)/t11-/m0/s1. The Hall–Kier alpha value is -2.53. The fourth-order valence-corrected chi connectivity index (χ4v) is 3.04. The SMILES string of the molecule is C[C@@H](C(=O)O)N(Cl)C(=O)OCC1c2ccccc2-c2ccccc21. The van der Waals surface area contributed by atoms with E-state index < -0.39 is 18.1 Å². The molecule has 0 spiro atoms. The third-order valence-electron chi connectivity index (χ3n) is 4.21. The molecule has 0 unspecified atom stereocenters. The van der Waals surface area contributed by atoms with Gasteiger partial charge in [-0.3, -0.25) is 0 Å². The summed E-state index contributed by atoms with van der Waals surface area (Å²) in [6.07, 6.45) is -0.867. The van der Waals surface area contributed by atoms with Crippen molar-refractivity contribution in [2.24, 2.45) is 0 Å². The molecule has 0 saturated heterocycles. The number of carbonyl (C=O) groups excluding carboxylic acids is 1. The van der Waals surface area contributed by atoms with Gasteiger partial charge in [0.25, 0.3) is 0 Å². The number of carboxylic acid groups (broad SMARTS) is 1. The zero-order chi connectivity index (χ0) is 17.3. The van der Waals surface area contributed by atoms with Crippen LogP contribution in [0, 0.1) is 0 Å². The Morgan fingerprint density at radius 2 is 1.62 bits per heavy atom. The Labute approximate surface area is 144 Å². The summed E-state index contributed by atoms with van der Waals surface area (Å²) >= 11 is 5.74. The summed E-state index contributed by atoms with van der Waals surface area (Å²) < 4.78 is 5.83. The highest BCUT2D eigenvalue weighted by atomic mass is 35.5. The Morgan fingerprint density at radius 1 is 1.12 bits per heavy atom. The Morgan fingerprint density at radius 3 is 2.12 bits per heavy atom. The van der Waals surface area contributed by atoms with Crippen molar-refractivity contribution in [2.45, 2.75) is 18.9 Å². The van der Waals surface area contributed by atoms with Gasteiger partial charge in [-0.1, -0.05) is 48.5 Å². The average Bonchev–Trinajstić information content (AvgIpc) is 2.92. The number of benzene rings is 2. The van der Waals surface area contributed by atoms with Crippen LogP contribution in [0.25, 0.3) is 11.1 Å². The summed E-state index contributed by atoms with van der Waals surface area (Å²) in [5, 5.41) is 8.91. The van der Waals surface area contributed by atoms with Crippen molar-refractivity contribution >= 4 is 23.8 Å². The number of carboxylic acids is 1. The number of hydrogen-bond acceptors (Lipinski definition) is 3. The molecule has 2 aromatic rings. The fourth-order valence-electron chi connectivity index (χ4n) is 2.91. The van der Waals surface area contributed by atoms with Crippen LogP contribution in [0.1, 0.15) is 24.0 Å². The molecule has 2 aromatic carbocycles. The van der Waals surface area contributed by atoms with Crippen LogP contribution in [0.15, 0.2) is 48.5 Å². The maximum absolute atomic E-state index is 12.0. The van der Waals surface area contributed by atoms with Gasteiger partial charge in [-0.05, 0) is 29.2 Å². The van der Waals surface area contributed by atoms with Crippen LogP contribution in [-0.2, 0) is 9.53 Å². The molecule has 0 fully saturated rings. The zero-order valence-electron chi connectivity index (χ0n) is 13.0. The summed E-state index contributed by atoms with van der Waals surface area (Å²) in [5.41, 5.74) is 4.41. The molecule has 0 bridgehead atoms. The summed E-state index contributed by atoms with van der Waals surface area (Å²) in [6.45, 7) is 1.42. The summed E-state index contributed by atoms with van der Waals surface area (Å²) in [4.78, 5) is 22.9. The van der Waals surface area contributed by atoms with E-state index in [2.05, 4.69) is 0 Å². The van der Waals surface area contributed by atoms with Crippen LogP contribution >= 0.6 is 11.8 Å². The van der Waals surface area contributed by atoms with Crippen molar-refractivity contribution in [1.82, 2.24) is 4.42 Å². The van der Waals surface area contributed by atoms with E-state index >= 15 is 0 Å². The average molecular weight is 346 g/mol. The maximum atomic E-state index is 12.0. The molecule has 5 nitrogen and oxygen atoms in total. The van der Waals surface area contributed by atoms with E-state index in [1.807, 2.05) is 48.5 Å². The highest BCUT2D eigenvalue weighted by Gasteiger charge is 2.31. The Kier molecular flexibility index (Phi) is 4.44. The topological polar surface area (TPSA) is 66.8 Å². The van der Waals surface area contributed by atoms with Crippen LogP contribution in [-0.4, -0.2) is 34.2 Å². The number of aliphatic carboxylic acids is 1. The molecule has 0 saturated carbocycles. The third kappa shape index (κ3) is 2.83. The minimum atomic E-state index is -1.20. The van der Waals surface area contributed by atoms with Gasteiger partial charge in [-0.25, -0.2) is 14.0 Å². The van der Waals surface area contributed by atoms with E-state index in [9.17, 15) is 9.59 Å². The van der Waals surface area contributed by atoms with Gasteiger partial charge in [0.15, 0.2) is 0 Å². The van der Waals surface area contributed by atoms with E-state index in [4.69, 9.17) is 21.6 Å². The summed E-state index contributed by atoms with van der Waals surface area (Å²) in [7, 11) is 0. The third-order valence-corrected chi connectivity index (χ3v) is 4.64. The van der Waals surface area contributed by atoms with Gasteiger partial charge in [0, 0.05) is 17.7 Å². The second-order valence-corrected chi connectivity index (χ2v) is 5.99. The fraction of sp³-hybridized carbons (Fsp3) is 0.222. The lowest BCUT2D eigenvalue weighted by Crippen LogP contribution is -2.37. The van der Waals surface area contributed by atoms with Crippen LogP contribution in [0.5, 0.6) is 0 Å². The number of halogens is 1. The van der Waals surface area contributed by atoms with Crippen molar-refractivity contribution in [3.05, 3.63) is 59.7 Å². The van der Waals surface area contributed by atoms with E-state index in [0.717, 1.165) is 22.3 Å². The molecule has 1 atom stereocenters. The molecule has 124 valence electrons. The molecule has 6 heteroatoms. The number of rotatable bonds is 4. The van der Waals surface area contributed by atoms with E-state index in [0.29, 0.717) is 4.42 Å². The molecule has 1 aliphatic rings. The van der Waals surface area contributed by atoms with Gasteiger partial charge in [-0.2, -0.15) is 0 Å². The maximum Gasteiger partial charge on any atom is 0.425 e. The van der Waals surface area contributed by atoms with Crippen LogP contribution in [0.2, 0.25) is 0 Å². The van der Waals surface area contributed by atoms with E-state index in [-0.39, 0.29) is 12.5 Å². The smallest absolute Gasteiger partial charge is 0.425 e. The summed E-state index contributed by atoms with van der Waals surface area (Å²) in [6, 6.07) is 14.8. The van der Waals surface area contributed by atoms with E-state index in [1.54, 1.807) is 0 Å². The van der Waals surface area contributed by atoms with Crippen molar-refractivity contribution < 1.29 is 19.4 Å². The van der Waals surface area contributed by atoms with Crippen molar-refractivity contribution in [2.75, 3.05) is 6.61 Å². The molecule has 1 amide bonds. The molecular weight excluding hydrogens is 330 g/mol. The van der Waals surface area contributed by atoms with E-state index in [1.165, 1.54) is 6.92 Å². The number of nitrogens with zero attached hydrogens (tertiary/aromatic N) is 1.